The van der Waals surface area contributed by atoms with Crippen LogP contribution < -0.4 is 0 Å². The summed E-state index contributed by atoms with van der Waals surface area (Å²) in [6.45, 7) is 5.42. The van der Waals surface area contributed by atoms with Crippen molar-refractivity contribution in [1.82, 2.24) is 4.98 Å². The van der Waals surface area contributed by atoms with Gasteiger partial charge in [0.2, 0.25) is 0 Å². The third-order valence-electron chi connectivity index (χ3n) is 4.58. The maximum absolute atomic E-state index is 12.6. The number of para-hydroxylation sites is 1. The summed E-state index contributed by atoms with van der Waals surface area (Å²) in [5, 5.41) is 3.53. The molecule has 4 aromatic rings. The number of pyridine rings is 1. The quantitative estimate of drug-likeness (QED) is 0.299. The number of hydrogen-bond acceptors (Lipinski definition) is 5. The summed E-state index contributed by atoms with van der Waals surface area (Å²) >= 11 is 7.71. The Morgan fingerprint density at radius 2 is 1.77 bits per heavy atom. The molecule has 1 unspecified atom stereocenters. The van der Waals surface area contributed by atoms with Gasteiger partial charge in [-0.2, -0.15) is 0 Å². The number of halogens is 1. The zero-order valence-electron chi connectivity index (χ0n) is 17.5. The molecule has 0 spiro atoms. The number of rotatable bonds is 4. The summed E-state index contributed by atoms with van der Waals surface area (Å²) in [7, 11) is 0. The molecule has 4 rings (SSSR count). The van der Waals surface area contributed by atoms with Crippen LogP contribution in [0, 0.1) is 0 Å². The molecule has 158 valence electrons. The molecule has 1 atom stereocenters. The number of hydrogen-bond donors (Lipinski definition) is 0. The van der Waals surface area contributed by atoms with Crippen molar-refractivity contribution in [2.75, 3.05) is 0 Å². The highest BCUT2D eigenvalue weighted by molar-refractivity contribution is 7.13. The average molecular weight is 452 g/mol. The van der Waals surface area contributed by atoms with Crippen LogP contribution in [-0.4, -0.2) is 16.7 Å². The monoisotopic (exact) mass is 451 g/mol. The van der Waals surface area contributed by atoms with Crippen molar-refractivity contribution in [3.8, 4) is 10.6 Å². The van der Waals surface area contributed by atoms with Gasteiger partial charge in [0.25, 0.3) is 0 Å². The fourth-order valence-corrected chi connectivity index (χ4v) is 4.10. The first-order valence-electron chi connectivity index (χ1n) is 9.89. The predicted molar refractivity (Wildman–Crippen MR) is 126 cm³/mol. The number of nitrogens with zero attached hydrogens (tertiary/aromatic N) is 1. The van der Waals surface area contributed by atoms with Gasteiger partial charge < -0.3 is 9.47 Å². The highest BCUT2D eigenvalue weighted by atomic mass is 35.5. The number of carbonyl (C=O) groups excluding carboxylic acids is 1. The number of thiophene rings is 1. The van der Waals surface area contributed by atoms with Gasteiger partial charge in [-0.3, -0.25) is 0 Å². The van der Waals surface area contributed by atoms with E-state index in [2.05, 4.69) is 0 Å². The SMILES string of the molecule is CC(C)(C)OC(=O)OC(c1ccc(Cl)cc1)c1cc(-c2cccs2)nc2ccccc12. The first-order valence-corrected chi connectivity index (χ1v) is 11.1. The van der Waals surface area contributed by atoms with E-state index in [1.54, 1.807) is 23.5 Å². The number of carbonyl (C=O) groups is 1. The van der Waals surface area contributed by atoms with Gasteiger partial charge in [0, 0.05) is 16.0 Å². The summed E-state index contributed by atoms with van der Waals surface area (Å²) in [6.07, 6.45) is -1.41. The van der Waals surface area contributed by atoms with Crippen LogP contribution in [-0.2, 0) is 9.47 Å². The van der Waals surface area contributed by atoms with E-state index < -0.39 is 17.9 Å². The number of aromatic nitrogens is 1. The van der Waals surface area contributed by atoms with Crippen LogP contribution in [0.3, 0.4) is 0 Å². The van der Waals surface area contributed by atoms with E-state index in [1.807, 2.05) is 80.7 Å². The molecule has 0 aliphatic rings. The van der Waals surface area contributed by atoms with Crippen molar-refractivity contribution in [1.29, 1.82) is 0 Å². The first-order chi connectivity index (χ1) is 14.8. The van der Waals surface area contributed by atoms with Crippen molar-refractivity contribution in [2.45, 2.75) is 32.5 Å². The maximum Gasteiger partial charge on any atom is 0.509 e. The molecule has 2 aromatic heterocycles. The zero-order chi connectivity index (χ0) is 22.0. The lowest BCUT2D eigenvalue weighted by molar-refractivity contribution is -0.0199. The summed E-state index contributed by atoms with van der Waals surface area (Å²) < 4.78 is 11.3. The lowest BCUT2D eigenvalue weighted by Gasteiger charge is -2.24. The van der Waals surface area contributed by atoms with Crippen LogP contribution in [0.1, 0.15) is 38.0 Å². The average Bonchev–Trinajstić information content (AvgIpc) is 3.26. The molecule has 0 bridgehead atoms. The Labute approximate surface area is 190 Å². The second-order valence-corrected chi connectivity index (χ2v) is 9.49. The van der Waals surface area contributed by atoms with Gasteiger partial charge >= 0.3 is 6.16 Å². The molecule has 6 heteroatoms. The van der Waals surface area contributed by atoms with Gasteiger partial charge in [-0.25, -0.2) is 9.78 Å². The number of fused-ring (bicyclic) bond motifs is 1. The molecule has 0 radical (unpaired) electrons. The van der Waals surface area contributed by atoms with Crippen molar-refractivity contribution in [2.24, 2.45) is 0 Å². The van der Waals surface area contributed by atoms with E-state index >= 15 is 0 Å². The predicted octanol–water partition coefficient (Wildman–Crippen LogP) is 7.66. The molecule has 2 heterocycles. The molecule has 0 aliphatic heterocycles. The van der Waals surface area contributed by atoms with Gasteiger partial charge in [-0.15, -0.1) is 11.3 Å². The zero-order valence-corrected chi connectivity index (χ0v) is 19.0. The molecular weight excluding hydrogens is 430 g/mol. The minimum Gasteiger partial charge on any atom is -0.429 e. The van der Waals surface area contributed by atoms with E-state index in [4.69, 9.17) is 26.1 Å². The Morgan fingerprint density at radius 3 is 2.45 bits per heavy atom. The summed E-state index contributed by atoms with van der Waals surface area (Å²) in [5.74, 6) is 0. The normalized spacial score (nSPS) is 12.5. The smallest absolute Gasteiger partial charge is 0.429 e. The highest BCUT2D eigenvalue weighted by Crippen LogP contribution is 2.36. The molecule has 4 nitrogen and oxygen atoms in total. The van der Waals surface area contributed by atoms with Gasteiger partial charge in [-0.05, 0) is 62.0 Å². The van der Waals surface area contributed by atoms with Crippen molar-refractivity contribution in [3.63, 3.8) is 0 Å². The van der Waals surface area contributed by atoms with Crippen molar-refractivity contribution >= 4 is 40.0 Å². The van der Waals surface area contributed by atoms with Crippen LogP contribution in [0.2, 0.25) is 5.02 Å². The highest BCUT2D eigenvalue weighted by Gasteiger charge is 2.26. The third kappa shape index (κ3) is 5.06. The van der Waals surface area contributed by atoms with E-state index in [0.29, 0.717) is 5.02 Å². The maximum atomic E-state index is 12.6. The van der Waals surface area contributed by atoms with Crippen molar-refractivity contribution < 1.29 is 14.3 Å². The molecule has 0 amide bonds. The van der Waals surface area contributed by atoms with E-state index in [0.717, 1.165) is 32.6 Å². The minimum atomic E-state index is -0.731. The second kappa shape index (κ2) is 8.69. The summed E-state index contributed by atoms with van der Waals surface area (Å²) in [5.41, 5.74) is 2.63. The van der Waals surface area contributed by atoms with Gasteiger partial charge in [-0.1, -0.05) is 48.0 Å². The largest absolute Gasteiger partial charge is 0.509 e. The summed E-state index contributed by atoms with van der Waals surface area (Å²) in [4.78, 5) is 18.5. The van der Waals surface area contributed by atoms with E-state index in [1.165, 1.54) is 0 Å². The molecular formula is C25H22ClNO3S. The molecule has 0 N–H and O–H groups in total. The van der Waals surface area contributed by atoms with Crippen LogP contribution in [0.4, 0.5) is 4.79 Å². The lowest BCUT2D eigenvalue weighted by Crippen LogP contribution is -2.26. The molecule has 0 aliphatic carbocycles. The molecule has 0 saturated heterocycles. The number of benzene rings is 2. The fourth-order valence-electron chi connectivity index (χ4n) is 3.29. The molecule has 0 saturated carbocycles. The molecule has 31 heavy (non-hydrogen) atoms. The Balaban J connectivity index is 1.87. The Morgan fingerprint density at radius 1 is 1.03 bits per heavy atom. The first kappa shape index (κ1) is 21.3. The Kier molecular flexibility index (Phi) is 5.99. The Bertz CT molecular complexity index is 1200. The lowest BCUT2D eigenvalue weighted by atomic mass is 9.96. The van der Waals surface area contributed by atoms with Gasteiger partial charge in [0.05, 0.1) is 16.1 Å². The van der Waals surface area contributed by atoms with Crippen LogP contribution in [0.25, 0.3) is 21.5 Å². The number of ether oxygens (including phenoxy) is 2. The standard InChI is InChI=1S/C25H22ClNO3S/c1-25(2,3)30-24(28)29-23(16-10-12-17(26)13-11-16)19-15-21(22-9-6-14-31-22)27-20-8-5-4-7-18(19)20/h4-15,23H,1-3H3. The third-order valence-corrected chi connectivity index (χ3v) is 5.72. The van der Waals surface area contributed by atoms with E-state index in [9.17, 15) is 4.79 Å². The minimum absolute atomic E-state index is 0.610. The van der Waals surface area contributed by atoms with Crippen molar-refractivity contribution in [3.05, 3.63) is 88.3 Å². The van der Waals surface area contributed by atoms with Crippen LogP contribution >= 0.6 is 22.9 Å². The Hall–Kier alpha value is -2.89. The molecule has 2 aromatic carbocycles. The van der Waals surface area contributed by atoms with E-state index in [-0.39, 0.29) is 0 Å². The molecule has 0 fully saturated rings. The van der Waals surface area contributed by atoms with Crippen LogP contribution in [0.15, 0.2) is 72.1 Å². The van der Waals surface area contributed by atoms with Gasteiger partial charge in [0.1, 0.15) is 5.60 Å². The van der Waals surface area contributed by atoms with Gasteiger partial charge in [0.15, 0.2) is 6.10 Å². The topological polar surface area (TPSA) is 48.4 Å². The summed E-state index contributed by atoms with van der Waals surface area (Å²) in [6, 6.07) is 21.1. The fraction of sp³-hybridized carbons (Fsp3) is 0.200. The van der Waals surface area contributed by atoms with Crippen LogP contribution in [0.5, 0.6) is 0 Å². The second-order valence-electron chi connectivity index (χ2n) is 8.11.